The zero-order valence-electron chi connectivity index (χ0n) is 10.3. The Hall–Kier alpha value is 2.28. The van der Waals surface area contributed by atoms with Crippen LogP contribution >= 0.6 is 92.8 Å². The van der Waals surface area contributed by atoms with Gasteiger partial charge in [-0.3, -0.25) is 0 Å². The summed E-state index contributed by atoms with van der Waals surface area (Å²) in [6, 6.07) is 0. The van der Waals surface area contributed by atoms with E-state index in [2.05, 4.69) is 0 Å². The fraction of sp³-hybridized carbons (Fsp3) is 1.00. The lowest BCUT2D eigenvalue weighted by atomic mass is 9.94. The van der Waals surface area contributed by atoms with E-state index in [0.29, 0.717) is 25.7 Å². The third-order valence-electron chi connectivity index (χ3n) is 2.48. The van der Waals surface area contributed by atoms with Gasteiger partial charge in [0.2, 0.25) is 7.59 Å². The molecular weight excluding hydrogens is 420 g/mol. The Morgan fingerprint density at radius 1 is 0.684 bits per heavy atom. The molecule has 0 spiro atoms. The predicted molar refractivity (Wildman–Crippen MR) is 88.6 cm³/mol. The van der Waals surface area contributed by atoms with Gasteiger partial charge in [-0.25, -0.2) is 0 Å². The zero-order chi connectivity index (χ0) is 15.5. The molecule has 116 valence electrons. The molecule has 0 N–H and O–H groups in total. The minimum atomic E-state index is -2.13. The molecular formula is C10H14Cl8O. The molecule has 0 aromatic heterocycles. The van der Waals surface area contributed by atoms with Crippen molar-refractivity contribution in [2.75, 3.05) is 0 Å². The highest BCUT2D eigenvalue weighted by Gasteiger charge is 2.58. The van der Waals surface area contributed by atoms with Crippen LogP contribution in [0.1, 0.15) is 39.5 Å². The molecule has 0 aliphatic heterocycles. The molecule has 0 fully saturated rings. The number of halogens is 8. The first-order chi connectivity index (χ1) is 8.33. The van der Waals surface area contributed by atoms with E-state index < -0.39 is 17.7 Å². The third kappa shape index (κ3) is 5.77. The summed E-state index contributed by atoms with van der Waals surface area (Å²) in [7, 11) is 0. The largest absolute Gasteiger partial charge is 0.332 e. The summed E-state index contributed by atoms with van der Waals surface area (Å²) in [5.41, 5.74) is -1.24. The number of ether oxygens (including phenoxy) is 1. The molecule has 0 saturated heterocycles. The average Bonchev–Trinajstić information content (AvgIpc) is 2.13. The van der Waals surface area contributed by atoms with Gasteiger partial charge in [-0.1, -0.05) is 119 Å². The molecule has 1 nitrogen and oxygen atoms in total. The van der Waals surface area contributed by atoms with Crippen LogP contribution in [0, 0.1) is 0 Å². The van der Waals surface area contributed by atoms with Crippen LogP contribution < -0.4 is 0 Å². The van der Waals surface area contributed by atoms with Crippen LogP contribution in [0.25, 0.3) is 0 Å². The molecule has 0 aliphatic rings. The molecule has 0 amide bonds. The highest BCUT2D eigenvalue weighted by Crippen LogP contribution is 2.55. The number of hydrogen-bond acceptors (Lipinski definition) is 1. The van der Waals surface area contributed by atoms with Gasteiger partial charge in [-0.15, -0.1) is 0 Å². The molecule has 0 rings (SSSR count). The Bertz CT molecular complexity index is 274. The highest BCUT2D eigenvalue weighted by molar-refractivity contribution is 6.75. The Kier molecular flexibility index (Phi) is 8.63. The second kappa shape index (κ2) is 7.70. The second-order valence-electron chi connectivity index (χ2n) is 4.11. The topological polar surface area (TPSA) is 9.23 Å². The van der Waals surface area contributed by atoms with Crippen molar-refractivity contribution in [2.45, 2.75) is 57.2 Å². The smallest absolute Gasteiger partial charge is 0.266 e. The van der Waals surface area contributed by atoms with Crippen molar-refractivity contribution in [3.8, 4) is 0 Å². The maximum atomic E-state index is 6.03. The van der Waals surface area contributed by atoms with E-state index in [1.165, 1.54) is 0 Å². The number of rotatable bonds is 6. The Balaban J connectivity index is 5.48. The molecule has 0 aromatic carbocycles. The van der Waals surface area contributed by atoms with Crippen LogP contribution in [0.4, 0.5) is 0 Å². The number of hydrogen-bond donors (Lipinski definition) is 0. The highest BCUT2D eigenvalue weighted by atomic mass is 35.6. The minimum absolute atomic E-state index is 0.402. The Labute approximate surface area is 154 Å². The lowest BCUT2D eigenvalue weighted by Crippen LogP contribution is -2.52. The van der Waals surface area contributed by atoms with Crippen molar-refractivity contribution in [3.63, 3.8) is 0 Å². The van der Waals surface area contributed by atoms with E-state index >= 15 is 0 Å². The van der Waals surface area contributed by atoms with Crippen molar-refractivity contribution >= 4 is 92.8 Å². The Morgan fingerprint density at radius 2 is 1.05 bits per heavy atom. The maximum absolute atomic E-state index is 6.03. The summed E-state index contributed by atoms with van der Waals surface area (Å²) in [5, 5.41) is 0. The number of alkyl halides is 8. The van der Waals surface area contributed by atoms with Crippen molar-refractivity contribution in [2.24, 2.45) is 0 Å². The molecule has 0 atom stereocenters. The van der Waals surface area contributed by atoms with Crippen LogP contribution in [0.5, 0.6) is 0 Å². The summed E-state index contributed by atoms with van der Waals surface area (Å²) < 4.78 is -0.403. The van der Waals surface area contributed by atoms with Crippen LogP contribution in [0.3, 0.4) is 0 Å². The summed E-state index contributed by atoms with van der Waals surface area (Å²) in [6.45, 7) is 3.81. The maximum Gasteiger partial charge on any atom is 0.266 e. The average molecular weight is 434 g/mol. The van der Waals surface area contributed by atoms with Gasteiger partial charge in [0.05, 0.1) is 0 Å². The second-order valence-corrected chi connectivity index (χ2v) is 9.93. The molecule has 0 unspecified atom stereocenters. The molecule has 19 heavy (non-hydrogen) atoms. The molecule has 9 heteroatoms. The van der Waals surface area contributed by atoms with Gasteiger partial charge < -0.3 is 4.74 Å². The molecule has 0 saturated carbocycles. The summed E-state index contributed by atoms with van der Waals surface area (Å²) in [5.74, 6) is 0. The predicted octanol–water partition coefficient (Wildman–Crippen LogP) is 7.21. The van der Waals surface area contributed by atoms with E-state index in [1.807, 2.05) is 13.8 Å². The van der Waals surface area contributed by atoms with Crippen molar-refractivity contribution < 1.29 is 4.74 Å². The van der Waals surface area contributed by atoms with E-state index in [1.54, 1.807) is 0 Å². The van der Waals surface area contributed by atoms with Crippen molar-refractivity contribution in [3.05, 3.63) is 0 Å². The van der Waals surface area contributed by atoms with Crippen LogP contribution in [-0.2, 0) is 4.74 Å². The monoisotopic (exact) mass is 430 g/mol. The molecule has 0 aromatic rings. The third-order valence-corrected chi connectivity index (χ3v) is 5.61. The van der Waals surface area contributed by atoms with Gasteiger partial charge in [0.1, 0.15) is 5.60 Å². The summed E-state index contributed by atoms with van der Waals surface area (Å²) in [4.78, 5) is 0. The summed E-state index contributed by atoms with van der Waals surface area (Å²) in [6.07, 6.45) is 2.16. The first-order valence-electron chi connectivity index (χ1n) is 5.54. The first-order valence-corrected chi connectivity index (χ1v) is 8.57. The quantitative estimate of drug-likeness (QED) is 0.402. The van der Waals surface area contributed by atoms with Crippen molar-refractivity contribution in [1.29, 1.82) is 0 Å². The normalized spacial score (nSPS) is 14.8. The van der Waals surface area contributed by atoms with Gasteiger partial charge in [0.15, 0.2) is 0 Å². The standard InChI is InChI=1S/C10H14Cl8O/c1-3-5-7(6-4-2,8(11,12)13)19-10(17,18)9(14,15)16/h3-6H2,1-2H3. The SMILES string of the molecule is CCCC(CCC)(OC(Cl)(Cl)C(Cl)(Cl)Cl)C(Cl)(Cl)Cl. The molecule has 0 aliphatic carbocycles. The fourth-order valence-corrected chi connectivity index (χ4v) is 2.77. The van der Waals surface area contributed by atoms with Gasteiger partial charge in [-0.2, -0.15) is 0 Å². The van der Waals surface area contributed by atoms with Gasteiger partial charge in [0.25, 0.3) is 4.52 Å². The van der Waals surface area contributed by atoms with E-state index in [4.69, 9.17) is 97.5 Å². The van der Waals surface area contributed by atoms with Gasteiger partial charge in [-0.05, 0) is 12.8 Å². The van der Waals surface area contributed by atoms with Crippen molar-refractivity contribution in [1.82, 2.24) is 0 Å². The van der Waals surface area contributed by atoms with Gasteiger partial charge >= 0.3 is 0 Å². The van der Waals surface area contributed by atoms with Gasteiger partial charge in [0, 0.05) is 0 Å². The van der Waals surface area contributed by atoms with E-state index in [9.17, 15) is 0 Å². The zero-order valence-corrected chi connectivity index (χ0v) is 16.3. The molecule has 0 radical (unpaired) electrons. The Morgan fingerprint density at radius 3 is 1.26 bits per heavy atom. The van der Waals surface area contributed by atoms with E-state index in [0.717, 1.165) is 0 Å². The lowest BCUT2D eigenvalue weighted by molar-refractivity contribution is -0.0885. The lowest BCUT2D eigenvalue weighted by Gasteiger charge is -2.44. The fourth-order valence-electron chi connectivity index (χ4n) is 1.68. The minimum Gasteiger partial charge on any atom is -0.332 e. The molecule has 0 bridgehead atoms. The summed E-state index contributed by atoms with van der Waals surface area (Å²) >= 11 is 47.1. The van der Waals surface area contributed by atoms with E-state index in [-0.39, 0.29) is 0 Å². The van der Waals surface area contributed by atoms with Crippen LogP contribution in [0.15, 0.2) is 0 Å². The molecule has 0 heterocycles. The van der Waals surface area contributed by atoms with Crippen LogP contribution in [0.2, 0.25) is 0 Å². The van der Waals surface area contributed by atoms with Crippen LogP contribution in [-0.4, -0.2) is 17.7 Å². The first kappa shape index (κ1) is 21.3.